The highest BCUT2D eigenvalue weighted by Gasteiger charge is 2.14. The molecule has 0 spiro atoms. The zero-order chi connectivity index (χ0) is 19.2. The first-order chi connectivity index (χ1) is 13.0. The Kier molecular flexibility index (Phi) is 5.46. The second-order valence-electron chi connectivity index (χ2n) is 5.38. The summed E-state index contributed by atoms with van der Waals surface area (Å²) in [5.41, 5.74) is 0.544. The van der Waals surface area contributed by atoms with Gasteiger partial charge in [-0.1, -0.05) is 12.1 Å². The van der Waals surface area contributed by atoms with Crippen molar-refractivity contribution in [2.45, 2.75) is 0 Å². The van der Waals surface area contributed by atoms with Crippen LogP contribution >= 0.6 is 0 Å². The number of para-hydroxylation sites is 1. The number of nitro groups is 1. The molecule has 0 bridgehead atoms. The summed E-state index contributed by atoms with van der Waals surface area (Å²) < 4.78 is 29.0. The molecule has 2 aromatic carbocycles. The zero-order valence-electron chi connectivity index (χ0n) is 14.0. The summed E-state index contributed by atoms with van der Waals surface area (Å²) >= 11 is 0. The van der Waals surface area contributed by atoms with E-state index in [9.17, 15) is 19.3 Å². The van der Waals surface area contributed by atoms with Crippen LogP contribution in [0.3, 0.4) is 0 Å². The van der Waals surface area contributed by atoms with Crippen molar-refractivity contribution >= 4 is 11.7 Å². The fourth-order valence-electron chi connectivity index (χ4n) is 2.27. The molecule has 0 aliphatic carbocycles. The molecule has 0 amide bonds. The average molecular weight is 371 g/mol. The number of non-ortho nitro benzene ring substituents is 1. The van der Waals surface area contributed by atoms with Crippen LogP contribution in [0, 0.1) is 15.9 Å². The van der Waals surface area contributed by atoms with Crippen molar-refractivity contribution in [1.29, 1.82) is 0 Å². The number of carbonyl (C=O) groups excluding carboxylic acids is 1. The van der Waals surface area contributed by atoms with Crippen LogP contribution in [0.5, 0.6) is 5.75 Å². The number of nitrogens with zero attached hydrogens (tertiary/aromatic N) is 1. The molecule has 0 aliphatic rings. The molecule has 3 rings (SSSR count). The number of hydrogen-bond donors (Lipinski definition) is 0. The van der Waals surface area contributed by atoms with Crippen LogP contribution in [0.2, 0.25) is 0 Å². The van der Waals surface area contributed by atoms with Crippen LogP contribution in [-0.2, 0) is 4.74 Å². The van der Waals surface area contributed by atoms with Gasteiger partial charge in [-0.25, -0.2) is 9.18 Å². The van der Waals surface area contributed by atoms with Crippen LogP contribution in [-0.4, -0.2) is 24.1 Å². The lowest BCUT2D eigenvalue weighted by molar-refractivity contribution is -0.384. The standard InChI is InChI=1S/C19H14FNO6/c20-15-3-1-2-4-17(15)25-11-12-26-19(22)18-10-9-16(27-18)13-5-7-14(8-6-13)21(23)24/h1-10H,11-12H2. The van der Waals surface area contributed by atoms with Gasteiger partial charge >= 0.3 is 5.97 Å². The normalized spacial score (nSPS) is 10.4. The van der Waals surface area contributed by atoms with Gasteiger partial charge in [-0.2, -0.15) is 0 Å². The molecule has 0 saturated heterocycles. The van der Waals surface area contributed by atoms with E-state index in [1.165, 1.54) is 42.5 Å². The Hall–Kier alpha value is -3.68. The Morgan fingerprint density at radius 3 is 2.48 bits per heavy atom. The average Bonchev–Trinajstić information content (AvgIpc) is 3.17. The van der Waals surface area contributed by atoms with E-state index in [1.807, 2.05) is 0 Å². The number of hydrogen-bond acceptors (Lipinski definition) is 6. The monoisotopic (exact) mass is 371 g/mol. The number of furan rings is 1. The van der Waals surface area contributed by atoms with Crippen molar-refractivity contribution in [3.05, 3.63) is 82.4 Å². The predicted molar refractivity (Wildman–Crippen MR) is 93.0 cm³/mol. The summed E-state index contributed by atoms with van der Waals surface area (Å²) in [7, 11) is 0. The molecule has 27 heavy (non-hydrogen) atoms. The van der Waals surface area contributed by atoms with Crippen LogP contribution in [0.4, 0.5) is 10.1 Å². The smallest absolute Gasteiger partial charge is 0.374 e. The maximum atomic E-state index is 13.4. The Morgan fingerprint density at radius 1 is 1.04 bits per heavy atom. The minimum Gasteiger partial charge on any atom is -0.487 e. The fraction of sp³-hybridized carbons (Fsp3) is 0.105. The molecular weight excluding hydrogens is 357 g/mol. The summed E-state index contributed by atoms with van der Waals surface area (Å²) in [5.74, 6) is -0.761. The number of carbonyl (C=O) groups is 1. The molecule has 0 radical (unpaired) electrons. The maximum Gasteiger partial charge on any atom is 0.374 e. The van der Waals surface area contributed by atoms with Gasteiger partial charge in [0, 0.05) is 17.7 Å². The number of ether oxygens (including phenoxy) is 2. The molecular formula is C19H14FNO6. The Labute approximate surface area is 153 Å². The SMILES string of the molecule is O=C(OCCOc1ccccc1F)c1ccc(-c2ccc([N+](=O)[O-])cc2)o1. The van der Waals surface area contributed by atoms with E-state index in [2.05, 4.69) is 0 Å². The fourth-order valence-corrected chi connectivity index (χ4v) is 2.27. The highest BCUT2D eigenvalue weighted by molar-refractivity contribution is 5.87. The van der Waals surface area contributed by atoms with Gasteiger partial charge in [0.2, 0.25) is 5.76 Å². The minimum atomic E-state index is -0.694. The van der Waals surface area contributed by atoms with Gasteiger partial charge in [0.15, 0.2) is 11.6 Å². The number of nitro benzene ring substituents is 1. The summed E-state index contributed by atoms with van der Waals surface area (Å²) in [6, 6.07) is 14.7. The molecule has 0 unspecified atom stereocenters. The summed E-state index contributed by atoms with van der Waals surface area (Å²) in [6.07, 6.45) is 0. The van der Waals surface area contributed by atoms with Crippen molar-refractivity contribution in [3.8, 4) is 17.1 Å². The van der Waals surface area contributed by atoms with E-state index in [1.54, 1.807) is 18.2 Å². The topological polar surface area (TPSA) is 91.8 Å². The first kappa shape index (κ1) is 18.1. The highest BCUT2D eigenvalue weighted by atomic mass is 19.1. The zero-order valence-corrected chi connectivity index (χ0v) is 14.0. The molecule has 0 aliphatic heterocycles. The molecule has 1 aromatic heterocycles. The van der Waals surface area contributed by atoms with E-state index >= 15 is 0 Å². The van der Waals surface area contributed by atoms with Gasteiger partial charge in [-0.15, -0.1) is 0 Å². The first-order valence-electron chi connectivity index (χ1n) is 7.94. The summed E-state index contributed by atoms with van der Waals surface area (Å²) in [5, 5.41) is 10.7. The minimum absolute atomic E-state index is 0.0113. The summed E-state index contributed by atoms with van der Waals surface area (Å²) in [4.78, 5) is 22.1. The second-order valence-corrected chi connectivity index (χ2v) is 5.38. The van der Waals surface area contributed by atoms with Crippen molar-refractivity contribution in [2.24, 2.45) is 0 Å². The Morgan fingerprint density at radius 2 is 1.78 bits per heavy atom. The largest absolute Gasteiger partial charge is 0.487 e. The van der Waals surface area contributed by atoms with Gasteiger partial charge in [0.05, 0.1) is 4.92 Å². The Bertz CT molecular complexity index is 951. The van der Waals surface area contributed by atoms with Crippen LogP contribution in [0.1, 0.15) is 10.6 Å². The lowest BCUT2D eigenvalue weighted by atomic mass is 10.1. The molecule has 0 N–H and O–H groups in total. The van der Waals surface area contributed by atoms with E-state index in [-0.39, 0.29) is 30.4 Å². The maximum absolute atomic E-state index is 13.4. The molecule has 8 heteroatoms. The summed E-state index contributed by atoms with van der Waals surface area (Å²) in [6.45, 7) is -0.0939. The molecule has 0 fully saturated rings. The lowest BCUT2D eigenvalue weighted by Gasteiger charge is -2.07. The molecule has 0 saturated carbocycles. The van der Waals surface area contributed by atoms with Crippen molar-refractivity contribution in [3.63, 3.8) is 0 Å². The third-order valence-electron chi connectivity index (χ3n) is 3.58. The number of halogens is 1. The van der Waals surface area contributed by atoms with Crippen LogP contribution < -0.4 is 4.74 Å². The van der Waals surface area contributed by atoms with Crippen LogP contribution in [0.25, 0.3) is 11.3 Å². The van der Waals surface area contributed by atoms with Crippen LogP contribution in [0.15, 0.2) is 65.1 Å². The lowest BCUT2D eigenvalue weighted by Crippen LogP contribution is -2.12. The molecule has 3 aromatic rings. The molecule has 0 atom stereocenters. The molecule has 7 nitrogen and oxygen atoms in total. The number of esters is 1. The molecule has 1 heterocycles. The first-order valence-corrected chi connectivity index (χ1v) is 7.94. The van der Waals surface area contributed by atoms with E-state index in [4.69, 9.17) is 13.9 Å². The van der Waals surface area contributed by atoms with E-state index in [0.717, 1.165) is 0 Å². The van der Waals surface area contributed by atoms with Gasteiger partial charge in [-0.3, -0.25) is 10.1 Å². The van der Waals surface area contributed by atoms with E-state index in [0.29, 0.717) is 11.3 Å². The quantitative estimate of drug-likeness (QED) is 0.267. The Balaban J connectivity index is 1.54. The van der Waals surface area contributed by atoms with Gasteiger partial charge < -0.3 is 13.9 Å². The number of benzene rings is 2. The van der Waals surface area contributed by atoms with Gasteiger partial charge in [0.1, 0.15) is 19.0 Å². The van der Waals surface area contributed by atoms with Gasteiger partial charge in [0.25, 0.3) is 5.69 Å². The van der Waals surface area contributed by atoms with Crippen molar-refractivity contribution < 1.29 is 28.0 Å². The third-order valence-corrected chi connectivity index (χ3v) is 3.58. The van der Waals surface area contributed by atoms with Crippen molar-refractivity contribution in [1.82, 2.24) is 0 Å². The third kappa shape index (κ3) is 4.49. The van der Waals surface area contributed by atoms with Gasteiger partial charge in [-0.05, 0) is 36.4 Å². The second kappa shape index (κ2) is 8.13. The highest BCUT2D eigenvalue weighted by Crippen LogP contribution is 2.24. The van der Waals surface area contributed by atoms with E-state index < -0.39 is 16.7 Å². The predicted octanol–water partition coefficient (Wildman–Crippen LogP) is 4.23. The van der Waals surface area contributed by atoms with Crippen molar-refractivity contribution in [2.75, 3.05) is 13.2 Å². The number of rotatable bonds is 7. The molecule has 138 valence electrons.